The van der Waals surface area contributed by atoms with Gasteiger partial charge in [-0.1, -0.05) is 22.8 Å². The summed E-state index contributed by atoms with van der Waals surface area (Å²) in [4.78, 5) is -0.0153. The third-order valence-corrected chi connectivity index (χ3v) is 4.99. The first-order chi connectivity index (χ1) is 6.71. The first-order valence-electron chi connectivity index (χ1n) is 4.07. The lowest BCUT2D eigenvalue weighted by molar-refractivity contribution is 0.597. The van der Waals surface area contributed by atoms with Crippen LogP contribution in [0.15, 0.2) is 29.2 Å². The Balaban J connectivity index is 3.13. The third kappa shape index (κ3) is 3.64. The minimum absolute atomic E-state index is 0.0153. The fraction of sp³-hybridized carbons (Fsp3) is 0.222. The predicted molar refractivity (Wildman–Crippen MR) is 57.5 cm³/mol. The van der Waals surface area contributed by atoms with Crippen LogP contribution in [0.3, 0.4) is 0 Å². The van der Waals surface area contributed by atoms with Crippen LogP contribution in [0.25, 0.3) is 0 Å². The second-order valence-corrected chi connectivity index (χ2v) is 7.27. The molecule has 0 N–H and O–H groups in total. The highest BCUT2D eigenvalue weighted by atomic mass is 32.3. The van der Waals surface area contributed by atoms with Crippen LogP contribution < -0.4 is 0 Å². The Morgan fingerprint density at radius 3 is 1.87 bits per heavy atom. The maximum Gasteiger partial charge on any atom is 0.0655 e. The van der Waals surface area contributed by atoms with Crippen LogP contribution in [0.5, 0.6) is 0 Å². The van der Waals surface area contributed by atoms with E-state index in [0.717, 1.165) is 11.8 Å². The highest BCUT2D eigenvalue weighted by molar-refractivity contribution is 8.11. The zero-order valence-electron chi connectivity index (χ0n) is 8.34. The van der Waals surface area contributed by atoms with Crippen molar-refractivity contribution in [2.75, 3.05) is 6.26 Å². The quantitative estimate of drug-likeness (QED) is 0.745. The molecule has 0 fully saturated rings. The van der Waals surface area contributed by atoms with Gasteiger partial charge >= 0.3 is 0 Å². The first-order valence-corrected chi connectivity index (χ1v) is 7.57. The van der Waals surface area contributed by atoms with Crippen LogP contribution in [0.2, 0.25) is 0 Å². The van der Waals surface area contributed by atoms with Crippen LogP contribution >= 0.6 is 0 Å². The molecular formula is C9H11O4S2-. The van der Waals surface area contributed by atoms with Crippen molar-refractivity contribution in [3.63, 3.8) is 0 Å². The molecule has 15 heavy (non-hydrogen) atoms. The van der Waals surface area contributed by atoms with E-state index in [1.54, 1.807) is 12.1 Å². The summed E-state index contributed by atoms with van der Waals surface area (Å²) < 4.78 is 44.8. The minimum Gasteiger partial charge on any atom is -0.262 e. The summed E-state index contributed by atoms with van der Waals surface area (Å²) in [5, 5.41) is 0.366. The van der Waals surface area contributed by atoms with Gasteiger partial charge in [0.05, 0.1) is 9.84 Å². The van der Waals surface area contributed by atoms with Crippen molar-refractivity contribution in [2.24, 2.45) is 0 Å². The Labute approximate surface area is 89.8 Å². The van der Waals surface area contributed by atoms with Gasteiger partial charge in [0.15, 0.2) is 0 Å². The van der Waals surface area contributed by atoms with Crippen LogP contribution in [-0.4, -0.2) is 23.1 Å². The Hall–Kier alpha value is -0.880. The Kier molecular flexibility index (Phi) is 3.20. The van der Waals surface area contributed by atoms with Crippen LogP contribution in [0.1, 0.15) is 5.56 Å². The molecule has 0 amide bonds. The van der Waals surface area contributed by atoms with Crippen molar-refractivity contribution in [1.29, 1.82) is 0 Å². The zero-order valence-corrected chi connectivity index (χ0v) is 9.97. The van der Waals surface area contributed by atoms with Gasteiger partial charge in [-0.05, 0) is 19.1 Å². The molecule has 0 unspecified atom stereocenters. The van der Waals surface area contributed by atoms with E-state index < -0.39 is 19.7 Å². The molecule has 84 valence electrons. The fourth-order valence-electron chi connectivity index (χ4n) is 1.01. The van der Waals surface area contributed by atoms with Crippen molar-refractivity contribution in [1.82, 2.24) is 0 Å². The highest BCUT2D eigenvalue weighted by Gasteiger charge is 2.09. The summed E-state index contributed by atoms with van der Waals surface area (Å²) in [5.41, 5.74) is 0.910. The number of aryl methyl sites for hydroxylation is 1. The topological polar surface area (TPSA) is 68.3 Å². The summed E-state index contributed by atoms with van der Waals surface area (Å²) in [6.07, 6.45) is 0.846. The molecule has 0 aromatic heterocycles. The Bertz CT molecular complexity index is 538. The van der Waals surface area contributed by atoms with Gasteiger partial charge < -0.3 is 0 Å². The summed E-state index contributed by atoms with van der Waals surface area (Å²) in [6, 6.07) is 5.99. The molecule has 0 heterocycles. The molecule has 0 bridgehead atoms. The van der Waals surface area contributed by atoms with Gasteiger partial charge in [-0.15, -0.1) is 0 Å². The van der Waals surface area contributed by atoms with Gasteiger partial charge in [-0.2, -0.15) is 0 Å². The SMILES string of the molecule is Cc1ccc(S(=O)(=O)[CH-]S(C)(=O)=O)cc1. The second-order valence-electron chi connectivity index (χ2n) is 3.28. The molecule has 0 spiro atoms. The van der Waals surface area contributed by atoms with E-state index in [2.05, 4.69) is 0 Å². The lowest BCUT2D eigenvalue weighted by atomic mass is 10.2. The van der Waals surface area contributed by atoms with Crippen molar-refractivity contribution in [3.05, 3.63) is 34.9 Å². The average Bonchev–Trinajstić information content (AvgIpc) is 2.00. The molecule has 0 saturated heterocycles. The second kappa shape index (κ2) is 3.94. The molecule has 0 atom stereocenters. The molecule has 0 saturated carbocycles. The zero-order chi connectivity index (χ0) is 11.7. The Morgan fingerprint density at radius 1 is 1.00 bits per heavy atom. The van der Waals surface area contributed by atoms with Crippen LogP contribution in [0, 0.1) is 12.0 Å². The molecule has 4 nitrogen and oxygen atoms in total. The normalized spacial score (nSPS) is 12.7. The summed E-state index contributed by atoms with van der Waals surface area (Å²) in [5.74, 6) is 0. The summed E-state index contributed by atoms with van der Waals surface area (Å²) in [6.45, 7) is 1.82. The molecule has 1 aromatic rings. The lowest BCUT2D eigenvalue weighted by Gasteiger charge is -2.12. The summed E-state index contributed by atoms with van der Waals surface area (Å²) >= 11 is 0. The van der Waals surface area contributed by atoms with Gasteiger partial charge in [0.1, 0.15) is 0 Å². The van der Waals surface area contributed by atoms with E-state index in [4.69, 9.17) is 0 Å². The van der Waals surface area contributed by atoms with E-state index in [9.17, 15) is 16.8 Å². The fourth-order valence-corrected chi connectivity index (χ4v) is 3.81. The predicted octanol–water partition coefficient (Wildman–Crippen LogP) is 0.933. The molecule has 0 radical (unpaired) electrons. The molecule has 1 rings (SSSR count). The van der Waals surface area contributed by atoms with E-state index in [1.807, 2.05) is 6.92 Å². The lowest BCUT2D eigenvalue weighted by Crippen LogP contribution is -2.09. The highest BCUT2D eigenvalue weighted by Crippen LogP contribution is 2.16. The number of hydrogen-bond acceptors (Lipinski definition) is 4. The maximum atomic E-state index is 11.5. The molecule has 0 aliphatic heterocycles. The van der Waals surface area contributed by atoms with Crippen molar-refractivity contribution >= 4 is 19.7 Å². The third-order valence-electron chi connectivity index (χ3n) is 1.65. The van der Waals surface area contributed by atoms with Crippen molar-refractivity contribution < 1.29 is 16.8 Å². The minimum atomic E-state index is -3.85. The van der Waals surface area contributed by atoms with Crippen LogP contribution in [0.4, 0.5) is 0 Å². The largest absolute Gasteiger partial charge is 0.262 e. The van der Waals surface area contributed by atoms with E-state index >= 15 is 0 Å². The number of sulfone groups is 2. The number of benzene rings is 1. The monoisotopic (exact) mass is 247 g/mol. The molecule has 6 heteroatoms. The molecule has 1 aromatic carbocycles. The van der Waals surface area contributed by atoms with E-state index in [0.29, 0.717) is 5.08 Å². The van der Waals surface area contributed by atoms with Gasteiger partial charge in [0.25, 0.3) is 0 Å². The van der Waals surface area contributed by atoms with Gasteiger partial charge in [0, 0.05) is 21.0 Å². The number of hydrogen-bond donors (Lipinski definition) is 0. The Morgan fingerprint density at radius 2 is 1.47 bits per heavy atom. The smallest absolute Gasteiger partial charge is 0.0655 e. The molecule has 0 aliphatic rings. The van der Waals surface area contributed by atoms with Gasteiger partial charge in [-0.25, -0.2) is 0 Å². The van der Waals surface area contributed by atoms with E-state index in [1.165, 1.54) is 12.1 Å². The number of rotatable bonds is 3. The van der Waals surface area contributed by atoms with Crippen molar-refractivity contribution in [3.8, 4) is 0 Å². The summed E-state index contributed by atoms with van der Waals surface area (Å²) in [7, 11) is -7.50. The van der Waals surface area contributed by atoms with Crippen molar-refractivity contribution in [2.45, 2.75) is 11.8 Å². The first kappa shape index (κ1) is 12.2. The average molecular weight is 247 g/mol. The standard InChI is InChI=1S/C9H11O4S2/c1-8-3-5-9(6-4-8)15(12,13)7-14(2,10)11/h3-7H,1-2H3/q-1. The van der Waals surface area contributed by atoms with Gasteiger partial charge in [0.2, 0.25) is 0 Å². The van der Waals surface area contributed by atoms with Crippen LogP contribution in [-0.2, 0) is 19.7 Å². The van der Waals surface area contributed by atoms with E-state index in [-0.39, 0.29) is 4.90 Å². The molecular weight excluding hydrogens is 236 g/mol. The van der Waals surface area contributed by atoms with Gasteiger partial charge in [-0.3, -0.25) is 16.8 Å². The molecule has 0 aliphatic carbocycles. The maximum absolute atomic E-state index is 11.5.